The number of hydrogen-bond acceptors (Lipinski definition) is 4. The van der Waals surface area contributed by atoms with E-state index in [0.29, 0.717) is 35.5 Å². The normalized spacial score (nSPS) is 23.3. The molecular weight excluding hydrogens is 407 g/mol. The molecule has 1 aromatic rings. The Balaban J connectivity index is 1.66. The lowest BCUT2D eigenvalue weighted by Crippen LogP contribution is -2.11. The summed E-state index contributed by atoms with van der Waals surface area (Å²) in [6.07, 6.45) is 2.28. The average molecular weight is 428 g/mol. The molecular formula is C18H21IO4. The Morgan fingerprint density at radius 2 is 2.00 bits per heavy atom. The van der Waals surface area contributed by atoms with E-state index in [1.165, 1.54) is 5.57 Å². The maximum absolute atomic E-state index is 12.4. The Hall–Kier alpha value is -1.24. The van der Waals surface area contributed by atoms with Gasteiger partial charge in [0.15, 0.2) is 11.5 Å². The summed E-state index contributed by atoms with van der Waals surface area (Å²) in [7, 11) is 0. The zero-order valence-electron chi connectivity index (χ0n) is 13.8. The molecule has 2 atom stereocenters. The Kier molecular flexibility index (Phi) is 4.33. The van der Waals surface area contributed by atoms with Crippen LogP contribution in [0.5, 0.6) is 11.5 Å². The van der Waals surface area contributed by atoms with Crippen LogP contribution in [-0.2, 0) is 4.74 Å². The van der Waals surface area contributed by atoms with Gasteiger partial charge in [0.25, 0.3) is 0 Å². The van der Waals surface area contributed by atoms with Crippen molar-refractivity contribution in [2.75, 3.05) is 13.4 Å². The van der Waals surface area contributed by atoms with E-state index in [0.717, 1.165) is 3.57 Å². The van der Waals surface area contributed by atoms with E-state index in [9.17, 15) is 4.79 Å². The van der Waals surface area contributed by atoms with Crippen molar-refractivity contribution >= 4 is 28.6 Å². The maximum atomic E-state index is 12.4. The largest absolute Gasteiger partial charge is 0.462 e. The number of rotatable bonds is 4. The van der Waals surface area contributed by atoms with Crippen LogP contribution in [0.2, 0.25) is 0 Å². The van der Waals surface area contributed by atoms with E-state index in [4.69, 9.17) is 14.2 Å². The van der Waals surface area contributed by atoms with Crippen LogP contribution in [0.15, 0.2) is 23.8 Å². The summed E-state index contributed by atoms with van der Waals surface area (Å²) < 4.78 is 17.0. The molecule has 0 amide bonds. The van der Waals surface area contributed by atoms with Gasteiger partial charge >= 0.3 is 5.97 Å². The minimum absolute atomic E-state index is 0.194. The monoisotopic (exact) mass is 428 g/mol. The van der Waals surface area contributed by atoms with Gasteiger partial charge in [-0.25, -0.2) is 4.79 Å². The molecule has 0 bridgehead atoms. The summed E-state index contributed by atoms with van der Waals surface area (Å²) in [4.78, 5) is 12.4. The first kappa shape index (κ1) is 16.6. The molecule has 2 aliphatic rings. The quantitative estimate of drug-likeness (QED) is 0.405. The Morgan fingerprint density at radius 3 is 2.65 bits per heavy atom. The average Bonchev–Trinajstić information content (AvgIpc) is 2.82. The summed E-state index contributed by atoms with van der Waals surface area (Å²) in [6, 6.07) is 3.52. The van der Waals surface area contributed by atoms with Crippen LogP contribution in [0.1, 0.15) is 38.1 Å². The molecule has 5 heteroatoms. The number of ether oxygens (including phenoxy) is 3. The predicted octanol–water partition coefficient (Wildman–Crippen LogP) is 4.42. The lowest BCUT2D eigenvalue weighted by molar-refractivity contribution is 0.0469. The number of hydrogen-bond donors (Lipinski definition) is 0. The smallest absolute Gasteiger partial charge is 0.339 e. The van der Waals surface area contributed by atoms with E-state index in [-0.39, 0.29) is 18.2 Å². The van der Waals surface area contributed by atoms with E-state index in [2.05, 4.69) is 56.4 Å². The Morgan fingerprint density at radius 1 is 1.35 bits per heavy atom. The third-order valence-electron chi connectivity index (χ3n) is 4.73. The number of carbonyl (C=O) groups excluding carboxylic acids is 1. The summed E-state index contributed by atoms with van der Waals surface area (Å²) in [5.74, 6) is 1.85. The van der Waals surface area contributed by atoms with E-state index < -0.39 is 0 Å². The number of carbonyl (C=O) groups is 1. The first-order chi connectivity index (χ1) is 10.8. The van der Waals surface area contributed by atoms with Gasteiger partial charge in [0, 0.05) is 9.49 Å². The third-order valence-corrected chi connectivity index (χ3v) is 5.62. The SMILES string of the molecule is CC(C)=CC1C(COC(=O)c2cc3c(cc2I)OCO3)C1(C)C. The van der Waals surface area contributed by atoms with Gasteiger partial charge in [0.2, 0.25) is 6.79 Å². The molecule has 1 fully saturated rings. The summed E-state index contributed by atoms with van der Waals surface area (Å²) in [5, 5.41) is 0. The zero-order chi connectivity index (χ0) is 16.8. The summed E-state index contributed by atoms with van der Waals surface area (Å²) in [5.41, 5.74) is 2.04. The van der Waals surface area contributed by atoms with Gasteiger partial charge in [-0.2, -0.15) is 0 Å². The standard InChI is InChI=1S/C18H21IO4/c1-10(2)5-12-13(18(12,3)4)8-21-17(20)11-6-15-16(7-14(11)19)23-9-22-15/h5-7,12-13H,8-9H2,1-4H3. The molecule has 1 aliphatic heterocycles. The lowest BCUT2D eigenvalue weighted by atomic mass is 10.1. The third kappa shape index (κ3) is 3.20. The van der Waals surface area contributed by atoms with Crippen molar-refractivity contribution < 1.29 is 19.0 Å². The number of esters is 1. The maximum Gasteiger partial charge on any atom is 0.339 e. The van der Waals surface area contributed by atoms with Crippen molar-refractivity contribution in [3.8, 4) is 11.5 Å². The molecule has 0 spiro atoms. The molecule has 0 radical (unpaired) electrons. The summed E-state index contributed by atoms with van der Waals surface area (Å²) in [6.45, 7) is 9.30. The molecule has 1 aromatic carbocycles. The predicted molar refractivity (Wildman–Crippen MR) is 95.8 cm³/mol. The number of fused-ring (bicyclic) bond motifs is 1. The molecule has 124 valence electrons. The van der Waals surface area contributed by atoms with Crippen LogP contribution in [0.4, 0.5) is 0 Å². The van der Waals surface area contributed by atoms with Gasteiger partial charge in [-0.15, -0.1) is 0 Å². The van der Waals surface area contributed by atoms with Gasteiger partial charge < -0.3 is 14.2 Å². The minimum atomic E-state index is -0.300. The highest BCUT2D eigenvalue weighted by Crippen LogP contribution is 2.59. The van der Waals surface area contributed by atoms with Crippen molar-refractivity contribution in [3.05, 3.63) is 32.9 Å². The molecule has 0 saturated heterocycles. The van der Waals surface area contributed by atoms with Crippen LogP contribution < -0.4 is 9.47 Å². The highest BCUT2D eigenvalue weighted by molar-refractivity contribution is 14.1. The molecule has 23 heavy (non-hydrogen) atoms. The molecule has 1 aliphatic carbocycles. The fraction of sp³-hybridized carbons (Fsp3) is 0.500. The van der Waals surface area contributed by atoms with Crippen molar-refractivity contribution in [3.63, 3.8) is 0 Å². The number of benzene rings is 1. The van der Waals surface area contributed by atoms with Crippen LogP contribution in [0.25, 0.3) is 0 Å². The fourth-order valence-electron chi connectivity index (χ4n) is 3.11. The second-order valence-electron chi connectivity index (χ2n) is 6.98. The highest BCUT2D eigenvalue weighted by atomic mass is 127. The van der Waals surface area contributed by atoms with Crippen LogP contribution in [0.3, 0.4) is 0 Å². The van der Waals surface area contributed by atoms with Crippen molar-refractivity contribution in [2.45, 2.75) is 27.7 Å². The van der Waals surface area contributed by atoms with Crippen molar-refractivity contribution in [1.29, 1.82) is 0 Å². The topological polar surface area (TPSA) is 44.8 Å². The molecule has 3 rings (SSSR count). The molecule has 4 nitrogen and oxygen atoms in total. The first-order valence-electron chi connectivity index (χ1n) is 7.72. The first-order valence-corrected chi connectivity index (χ1v) is 8.80. The van der Waals surface area contributed by atoms with Crippen molar-refractivity contribution in [2.24, 2.45) is 17.3 Å². The van der Waals surface area contributed by atoms with Crippen LogP contribution in [-0.4, -0.2) is 19.4 Å². The van der Waals surface area contributed by atoms with Crippen LogP contribution in [0, 0.1) is 20.8 Å². The van der Waals surface area contributed by atoms with E-state index in [1.54, 1.807) is 6.07 Å². The Bertz CT molecular complexity index is 674. The van der Waals surface area contributed by atoms with E-state index in [1.807, 2.05) is 6.07 Å². The van der Waals surface area contributed by atoms with E-state index >= 15 is 0 Å². The molecule has 1 heterocycles. The highest BCUT2D eigenvalue weighted by Gasteiger charge is 2.56. The van der Waals surface area contributed by atoms with Crippen LogP contribution >= 0.6 is 22.6 Å². The number of halogens is 1. The summed E-state index contributed by atoms with van der Waals surface area (Å²) >= 11 is 2.12. The Labute approximate surface area is 150 Å². The minimum Gasteiger partial charge on any atom is -0.462 e. The van der Waals surface area contributed by atoms with Crippen molar-refractivity contribution in [1.82, 2.24) is 0 Å². The molecule has 1 saturated carbocycles. The second-order valence-corrected chi connectivity index (χ2v) is 8.14. The molecule has 0 N–H and O–H groups in total. The fourth-order valence-corrected chi connectivity index (χ4v) is 3.77. The molecule has 0 aromatic heterocycles. The van der Waals surface area contributed by atoms with Gasteiger partial charge in [-0.3, -0.25) is 0 Å². The van der Waals surface area contributed by atoms with Gasteiger partial charge in [-0.05, 0) is 59.9 Å². The second kappa shape index (κ2) is 6.00. The zero-order valence-corrected chi connectivity index (χ0v) is 16.0. The van der Waals surface area contributed by atoms with Gasteiger partial charge in [0.05, 0.1) is 12.2 Å². The van der Waals surface area contributed by atoms with Gasteiger partial charge in [-0.1, -0.05) is 25.5 Å². The number of allylic oxidation sites excluding steroid dienone is 2. The van der Waals surface area contributed by atoms with Gasteiger partial charge in [0.1, 0.15) is 0 Å². The lowest BCUT2D eigenvalue weighted by Gasteiger charge is -2.08. The molecule has 2 unspecified atom stereocenters.